The number of hydrogen-bond acceptors (Lipinski definition) is 4. The molecule has 1 N–H and O–H groups in total. The molecule has 2 aromatic heterocycles. The first-order valence-corrected chi connectivity index (χ1v) is 5.61. The molecule has 5 heteroatoms. The third-order valence-corrected chi connectivity index (χ3v) is 3.24. The van der Waals surface area contributed by atoms with Crippen LogP contribution in [0.25, 0.3) is 0 Å². The Hall–Kier alpha value is -1.20. The Labute approximate surface area is 92.2 Å². The fourth-order valence-corrected chi connectivity index (χ4v) is 2.16. The monoisotopic (exact) mass is 223 g/mol. The maximum absolute atomic E-state index is 9.18. The summed E-state index contributed by atoms with van der Waals surface area (Å²) in [5.74, 6) is 0. The van der Waals surface area contributed by atoms with E-state index in [-0.39, 0.29) is 6.61 Å². The Morgan fingerprint density at radius 3 is 2.80 bits per heavy atom. The van der Waals surface area contributed by atoms with Gasteiger partial charge in [-0.3, -0.25) is 9.67 Å². The number of thiazole rings is 1. The van der Waals surface area contributed by atoms with Gasteiger partial charge in [0.05, 0.1) is 24.4 Å². The lowest BCUT2D eigenvalue weighted by Gasteiger charge is -2.01. The number of aliphatic hydroxyl groups is 1. The molecule has 2 aromatic rings. The van der Waals surface area contributed by atoms with Crippen molar-refractivity contribution in [3.05, 3.63) is 33.5 Å². The molecule has 0 fully saturated rings. The van der Waals surface area contributed by atoms with Crippen molar-refractivity contribution in [2.24, 2.45) is 0 Å². The number of nitrogens with zero attached hydrogens (tertiary/aromatic N) is 3. The summed E-state index contributed by atoms with van der Waals surface area (Å²) in [7, 11) is 0. The molecule has 0 amide bonds. The predicted octanol–water partition coefficient (Wildman–Crippen LogP) is 1.50. The summed E-state index contributed by atoms with van der Waals surface area (Å²) >= 11 is 1.61. The molecule has 0 saturated heterocycles. The Balaban J connectivity index is 2.29. The van der Waals surface area contributed by atoms with E-state index in [9.17, 15) is 5.11 Å². The number of rotatable bonds is 3. The molecule has 80 valence electrons. The molecule has 2 heterocycles. The van der Waals surface area contributed by atoms with Crippen LogP contribution < -0.4 is 0 Å². The van der Waals surface area contributed by atoms with E-state index in [4.69, 9.17) is 0 Å². The van der Waals surface area contributed by atoms with E-state index in [1.807, 2.05) is 30.2 Å². The molecular formula is C10H13N3OS. The third kappa shape index (κ3) is 1.93. The Morgan fingerprint density at radius 2 is 2.27 bits per heavy atom. The van der Waals surface area contributed by atoms with Gasteiger partial charge in [0.15, 0.2) is 0 Å². The standard InChI is InChI=1S/C10H13N3OS/c1-7-10(5-14)8(2)13(12-7)4-9-3-11-6-15-9/h3,6,14H,4-5H2,1-2H3. The van der Waals surface area contributed by atoms with Crippen molar-refractivity contribution < 1.29 is 5.11 Å². The van der Waals surface area contributed by atoms with Gasteiger partial charge < -0.3 is 5.11 Å². The van der Waals surface area contributed by atoms with Crippen LogP contribution in [0.3, 0.4) is 0 Å². The lowest BCUT2D eigenvalue weighted by atomic mass is 10.2. The molecule has 0 aliphatic rings. The lowest BCUT2D eigenvalue weighted by molar-refractivity contribution is 0.280. The van der Waals surface area contributed by atoms with E-state index in [0.717, 1.165) is 23.5 Å². The Kier molecular flexibility index (Phi) is 2.83. The maximum atomic E-state index is 9.18. The largest absolute Gasteiger partial charge is 0.392 e. The number of aliphatic hydroxyl groups excluding tert-OH is 1. The average molecular weight is 223 g/mol. The second-order valence-corrected chi connectivity index (χ2v) is 4.40. The van der Waals surface area contributed by atoms with Crippen molar-refractivity contribution in [1.82, 2.24) is 14.8 Å². The Bertz CT molecular complexity index is 447. The Morgan fingerprint density at radius 1 is 1.47 bits per heavy atom. The van der Waals surface area contributed by atoms with Crippen molar-refractivity contribution >= 4 is 11.3 Å². The van der Waals surface area contributed by atoms with E-state index < -0.39 is 0 Å². The molecule has 0 radical (unpaired) electrons. The van der Waals surface area contributed by atoms with E-state index in [0.29, 0.717) is 0 Å². The fourth-order valence-electron chi connectivity index (χ4n) is 1.58. The molecule has 2 rings (SSSR count). The third-order valence-electron chi connectivity index (χ3n) is 2.48. The summed E-state index contributed by atoms with van der Waals surface area (Å²) in [6.07, 6.45) is 1.85. The summed E-state index contributed by atoms with van der Waals surface area (Å²) in [5.41, 5.74) is 4.68. The number of aryl methyl sites for hydroxylation is 1. The SMILES string of the molecule is Cc1nn(Cc2cncs2)c(C)c1CO. The summed E-state index contributed by atoms with van der Waals surface area (Å²) in [4.78, 5) is 5.20. The molecule has 0 atom stereocenters. The maximum Gasteiger partial charge on any atom is 0.0794 e. The smallest absolute Gasteiger partial charge is 0.0794 e. The summed E-state index contributed by atoms with van der Waals surface area (Å²) < 4.78 is 1.91. The van der Waals surface area contributed by atoms with Crippen molar-refractivity contribution in [3.63, 3.8) is 0 Å². The van der Waals surface area contributed by atoms with Crippen molar-refractivity contribution in [2.75, 3.05) is 0 Å². The van der Waals surface area contributed by atoms with Gasteiger partial charge in [-0.05, 0) is 13.8 Å². The average Bonchev–Trinajstić information content (AvgIpc) is 2.78. The molecule has 0 spiro atoms. The highest BCUT2D eigenvalue weighted by Crippen LogP contribution is 2.15. The predicted molar refractivity (Wildman–Crippen MR) is 58.8 cm³/mol. The van der Waals surface area contributed by atoms with Gasteiger partial charge in [-0.15, -0.1) is 11.3 Å². The second kappa shape index (κ2) is 4.12. The zero-order chi connectivity index (χ0) is 10.8. The number of aromatic nitrogens is 3. The van der Waals surface area contributed by atoms with Gasteiger partial charge in [0, 0.05) is 22.3 Å². The van der Waals surface area contributed by atoms with Crippen molar-refractivity contribution in [2.45, 2.75) is 27.0 Å². The summed E-state index contributed by atoms with van der Waals surface area (Å²) in [5, 5.41) is 13.6. The molecule has 15 heavy (non-hydrogen) atoms. The van der Waals surface area contributed by atoms with Gasteiger partial charge >= 0.3 is 0 Å². The van der Waals surface area contributed by atoms with Crippen LogP contribution in [0.4, 0.5) is 0 Å². The van der Waals surface area contributed by atoms with E-state index in [2.05, 4.69) is 10.1 Å². The van der Waals surface area contributed by atoms with Crippen LogP contribution in [-0.2, 0) is 13.2 Å². The zero-order valence-corrected chi connectivity index (χ0v) is 9.58. The van der Waals surface area contributed by atoms with Gasteiger partial charge in [0.25, 0.3) is 0 Å². The molecule has 0 bridgehead atoms. The van der Waals surface area contributed by atoms with Crippen LogP contribution in [0.5, 0.6) is 0 Å². The van der Waals surface area contributed by atoms with Crippen LogP contribution in [0.2, 0.25) is 0 Å². The van der Waals surface area contributed by atoms with E-state index in [1.165, 1.54) is 4.88 Å². The van der Waals surface area contributed by atoms with Crippen LogP contribution >= 0.6 is 11.3 Å². The summed E-state index contributed by atoms with van der Waals surface area (Å²) in [6.45, 7) is 4.69. The highest BCUT2D eigenvalue weighted by atomic mass is 32.1. The zero-order valence-electron chi connectivity index (χ0n) is 8.77. The first-order chi connectivity index (χ1) is 7.22. The van der Waals surface area contributed by atoms with Gasteiger partial charge in [-0.25, -0.2) is 0 Å². The van der Waals surface area contributed by atoms with Crippen LogP contribution in [0, 0.1) is 13.8 Å². The topological polar surface area (TPSA) is 50.9 Å². The minimum absolute atomic E-state index is 0.0559. The van der Waals surface area contributed by atoms with Crippen LogP contribution in [0.1, 0.15) is 21.8 Å². The van der Waals surface area contributed by atoms with Crippen LogP contribution in [-0.4, -0.2) is 19.9 Å². The van der Waals surface area contributed by atoms with Crippen molar-refractivity contribution in [1.29, 1.82) is 0 Å². The molecule has 0 aliphatic carbocycles. The van der Waals surface area contributed by atoms with Crippen LogP contribution in [0.15, 0.2) is 11.7 Å². The number of hydrogen-bond donors (Lipinski definition) is 1. The van der Waals surface area contributed by atoms with Gasteiger partial charge in [0.2, 0.25) is 0 Å². The van der Waals surface area contributed by atoms with Gasteiger partial charge in [-0.1, -0.05) is 0 Å². The first kappa shape index (κ1) is 10.3. The minimum atomic E-state index is 0.0559. The second-order valence-electron chi connectivity index (χ2n) is 3.43. The van der Waals surface area contributed by atoms with Gasteiger partial charge in [0.1, 0.15) is 0 Å². The van der Waals surface area contributed by atoms with Crippen molar-refractivity contribution in [3.8, 4) is 0 Å². The van der Waals surface area contributed by atoms with E-state index in [1.54, 1.807) is 11.3 Å². The first-order valence-electron chi connectivity index (χ1n) is 4.73. The fraction of sp³-hybridized carbons (Fsp3) is 0.400. The molecular weight excluding hydrogens is 210 g/mol. The normalized spacial score (nSPS) is 10.9. The van der Waals surface area contributed by atoms with E-state index >= 15 is 0 Å². The highest BCUT2D eigenvalue weighted by molar-refractivity contribution is 7.09. The molecule has 0 saturated carbocycles. The molecule has 4 nitrogen and oxygen atoms in total. The minimum Gasteiger partial charge on any atom is -0.392 e. The van der Waals surface area contributed by atoms with Gasteiger partial charge in [-0.2, -0.15) is 5.10 Å². The molecule has 0 unspecified atom stereocenters. The molecule has 0 aliphatic heterocycles. The lowest BCUT2D eigenvalue weighted by Crippen LogP contribution is -2.02. The quantitative estimate of drug-likeness (QED) is 0.857. The summed E-state index contributed by atoms with van der Waals surface area (Å²) in [6, 6.07) is 0. The highest BCUT2D eigenvalue weighted by Gasteiger charge is 2.10. The molecule has 0 aromatic carbocycles.